The molecular weight excluding hydrogens is 360 g/mol. The summed E-state index contributed by atoms with van der Waals surface area (Å²) < 4.78 is 10.5. The Morgan fingerprint density at radius 2 is 1.29 bits per heavy atom. The van der Waals surface area contributed by atoms with Crippen LogP contribution in [0.1, 0.15) is 31.8 Å². The van der Waals surface area contributed by atoms with Crippen LogP contribution in [0.2, 0.25) is 0 Å². The van der Waals surface area contributed by atoms with Gasteiger partial charge in [-0.05, 0) is 25.0 Å². The lowest BCUT2D eigenvalue weighted by Crippen LogP contribution is -2.51. The van der Waals surface area contributed by atoms with Gasteiger partial charge in [0.1, 0.15) is 0 Å². The molecule has 2 aromatic carbocycles. The first-order valence-electron chi connectivity index (χ1n) is 9.11. The highest BCUT2D eigenvalue weighted by molar-refractivity contribution is 6.23. The fourth-order valence-electron chi connectivity index (χ4n) is 2.84. The molecule has 0 amide bonds. The van der Waals surface area contributed by atoms with Crippen LogP contribution < -0.4 is 0 Å². The smallest absolute Gasteiger partial charge is 0.214 e. The predicted molar refractivity (Wildman–Crippen MR) is 105 cm³/mol. The van der Waals surface area contributed by atoms with Crippen LogP contribution in [0, 0.1) is 13.8 Å². The molecule has 150 valence electrons. The summed E-state index contributed by atoms with van der Waals surface area (Å²) in [7, 11) is 0. The van der Waals surface area contributed by atoms with E-state index in [2.05, 4.69) is 0 Å². The fraction of sp³-hybridized carbons (Fsp3) is 0.364. The topological polar surface area (TPSA) is 93.1 Å². The molecule has 0 atom stereocenters. The van der Waals surface area contributed by atoms with E-state index in [0.29, 0.717) is 11.1 Å². The minimum atomic E-state index is -2.35. The van der Waals surface area contributed by atoms with E-state index < -0.39 is 23.8 Å². The normalized spacial score (nSPS) is 11.4. The molecule has 0 heterocycles. The molecule has 2 aromatic rings. The zero-order chi connectivity index (χ0) is 20.6. The molecule has 0 aromatic heterocycles. The second kappa shape index (κ2) is 10.2. The average molecular weight is 386 g/mol. The maximum atomic E-state index is 13.2. The molecule has 0 radical (unpaired) electrons. The summed E-state index contributed by atoms with van der Waals surface area (Å²) in [6.45, 7) is 3.30. The zero-order valence-electron chi connectivity index (χ0n) is 16.2. The molecule has 0 unspecified atom stereocenters. The number of ether oxygens (including phenoxy) is 2. The summed E-state index contributed by atoms with van der Waals surface area (Å²) in [5.41, 5.74) is -0.487. The molecule has 0 aliphatic rings. The number of hydrogen-bond donors (Lipinski definition) is 2. The molecule has 0 bridgehead atoms. The minimum absolute atomic E-state index is 0.0738. The Morgan fingerprint density at radius 1 is 0.821 bits per heavy atom. The fourth-order valence-corrected chi connectivity index (χ4v) is 2.84. The second-order valence-corrected chi connectivity index (χ2v) is 6.54. The third-order valence-electron chi connectivity index (χ3n) is 4.45. The summed E-state index contributed by atoms with van der Waals surface area (Å²) in [5.74, 6) is -1.40. The van der Waals surface area contributed by atoms with Crippen molar-refractivity contribution in [3.8, 4) is 0 Å². The molecule has 2 rings (SSSR count). The van der Waals surface area contributed by atoms with Crippen LogP contribution in [0.25, 0.3) is 0 Å². The van der Waals surface area contributed by atoms with E-state index in [4.69, 9.17) is 14.6 Å². The van der Waals surface area contributed by atoms with Crippen molar-refractivity contribution in [2.75, 3.05) is 33.0 Å². The van der Waals surface area contributed by atoms with Gasteiger partial charge in [-0.25, -0.2) is 0 Å². The lowest BCUT2D eigenvalue weighted by atomic mass is 9.83. The molecule has 0 saturated carbocycles. The molecule has 2 N–H and O–H groups in total. The monoisotopic (exact) mass is 386 g/mol. The van der Waals surface area contributed by atoms with E-state index in [1.165, 1.54) is 0 Å². The highest BCUT2D eigenvalue weighted by atomic mass is 16.5. The third-order valence-corrected chi connectivity index (χ3v) is 4.45. The minimum Gasteiger partial charge on any atom is -0.394 e. The van der Waals surface area contributed by atoms with E-state index >= 15 is 0 Å². The first-order chi connectivity index (χ1) is 13.4. The number of carbonyl (C=O) groups excluding carboxylic acids is 2. The Balaban J connectivity index is 2.29. The van der Waals surface area contributed by atoms with Crippen molar-refractivity contribution in [1.82, 2.24) is 0 Å². The van der Waals surface area contributed by atoms with Gasteiger partial charge in [0.2, 0.25) is 17.2 Å². The standard InChI is InChI=1S/C22H26O6/c1-16-7-3-5-9-18(16)20(24)22(26,15-28-14-13-27-12-11-23)21(25)19-10-6-4-8-17(19)2/h3-10,23,26H,11-15H2,1-2H3. The first-order valence-corrected chi connectivity index (χ1v) is 9.11. The highest BCUT2D eigenvalue weighted by Crippen LogP contribution is 2.24. The molecule has 0 fully saturated rings. The van der Waals surface area contributed by atoms with Gasteiger partial charge >= 0.3 is 0 Å². The van der Waals surface area contributed by atoms with Crippen LogP contribution >= 0.6 is 0 Å². The largest absolute Gasteiger partial charge is 0.394 e. The van der Waals surface area contributed by atoms with Crippen LogP contribution in [-0.4, -0.2) is 60.4 Å². The Kier molecular flexibility index (Phi) is 8.02. The van der Waals surface area contributed by atoms with Crippen LogP contribution in [-0.2, 0) is 9.47 Å². The lowest BCUT2D eigenvalue weighted by molar-refractivity contribution is -0.0310. The summed E-state index contributed by atoms with van der Waals surface area (Å²) >= 11 is 0. The molecule has 0 aliphatic carbocycles. The number of carbonyl (C=O) groups is 2. The van der Waals surface area contributed by atoms with Crippen molar-refractivity contribution in [3.05, 3.63) is 70.8 Å². The van der Waals surface area contributed by atoms with Crippen LogP contribution in [0.3, 0.4) is 0 Å². The molecule has 0 aliphatic heterocycles. The number of benzene rings is 2. The van der Waals surface area contributed by atoms with E-state index in [9.17, 15) is 14.7 Å². The summed E-state index contributed by atoms with van der Waals surface area (Å²) in [4.78, 5) is 26.3. The Bertz CT molecular complexity index is 757. The molecule has 0 spiro atoms. The zero-order valence-corrected chi connectivity index (χ0v) is 16.2. The number of Topliss-reactive ketones (excluding diaryl/α,β-unsaturated/α-hetero) is 2. The van der Waals surface area contributed by atoms with E-state index in [1.54, 1.807) is 62.4 Å². The summed E-state index contributed by atoms with van der Waals surface area (Å²) in [6, 6.07) is 13.6. The maximum Gasteiger partial charge on any atom is 0.214 e. The van der Waals surface area contributed by atoms with Gasteiger partial charge in [0.25, 0.3) is 0 Å². The van der Waals surface area contributed by atoms with Gasteiger partial charge in [0.05, 0.1) is 33.0 Å². The summed E-state index contributed by atoms with van der Waals surface area (Å²) in [5, 5.41) is 19.9. The Labute approximate surface area is 164 Å². The third kappa shape index (κ3) is 5.11. The van der Waals surface area contributed by atoms with Crippen molar-refractivity contribution in [1.29, 1.82) is 0 Å². The van der Waals surface area contributed by atoms with Crippen molar-refractivity contribution < 1.29 is 29.3 Å². The molecular formula is C22H26O6. The van der Waals surface area contributed by atoms with E-state index in [0.717, 1.165) is 0 Å². The van der Waals surface area contributed by atoms with Crippen molar-refractivity contribution in [3.63, 3.8) is 0 Å². The lowest BCUT2D eigenvalue weighted by Gasteiger charge is -2.26. The van der Waals surface area contributed by atoms with E-state index in [1.807, 2.05) is 0 Å². The molecule has 0 saturated heterocycles. The second-order valence-electron chi connectivity index (χ2n) is 6.54. The number of aliphatic hydroxyl groups is 2. The number of rotatable bonds is 11. The predicted octanol–water partition coefficient (Wildman–Crippen LogP) is 2.13. The van der Waals surface area contributed by atoms with Crippen molar-refractivity contribution in [2.24, 2.45) is 0 Å². The molecule has 28 heavy (non-hydrogen) atoms. The maximum absolute atomic E-state index is 13.2. The molecule has 6 heteroatoms. The SMILES string of the molecule is Cc1ccccc1C(=O)C(O)(COCCOCCO)C(=O)c1ccccc1C. The van der Waals surface area contributed by atoms with Crippen LogP contribution in [0.4, 0.5) is 0 Å². The number of aryl methyl sites for hydroxylation is 2. The van der Waals surface area contributed by atoms with Gasteiger partial charge in [-0.1, -0.05) is 48.5 Å². The van der Waals surface area contributed by atoms with E-state index in [-0.39, 0.29) is 37.6 Å². The number of hydrogen-bond acceptors (Lipinski definition) is 6. The van der Waals surface area contributed by atoms with Gasteiger partial charge in [-0.2, -0.15) is 0 Å². The number of aliphatic hydroxyl groups excluding tert-OH is 1. The van der Waals surface area contributed by atoms with Gasteiger partial charge in [-0.3, -0.25) is 9.59 Å². The average Bonchev–Trinajstić information content (AvgIpc) is 2.70. The first kappa shape index (κ1) is 21.9. The van der Waals surface area contributed by atoms with Gasteiger partial charge in [0.15, 0.2) is 0 Å². The van der Waals surface area contributed by atoms with Crippen LogP contribution in [0.15, 0.2) is 48.5 Å². The Hall–Kier alpha value is -2.38. The summed E-state index contributed by atoms with van der Waals surface area (Å²) in [6.07, 6.45) is 0. The quantitative estimate of drug-likeness (QED) is 0.349. The highest BCUT2D eigenvalue weighted by Gasteiger charge is 2.45. The number of ketones is 2. The van der Waals surface area contributed by atoms with Gasteiger partial charge in [0, 0.05) is 11.1 Å². The molecule has 6 nitrogen and oxygen atoms in total. The van der Waals surface area contributed by atoms with Gasteiger partial charge < -0.3 is 19.7 Å². The Morgan fingerprint density at radius 3 is 1.75 bits per heavy atom. The van der Waals surface area contributed by atoms with Gasteiger partial charge in [-0.15, -0.1) is 0 Å². The van der Waals surface area contributed by atoms with Crippen LogP contribution in [0.5, 0.6) is 0 Å². The van der Waals surface area contributed by atoms with Crippen molar-refractivity contribution >= 4 is 11.6 Å². The van der Waals surface area contributed by atoms with Crippen molar-refractivity contribution in [2.45, 2.75) is 19.4 Å².